The Balaban J connectivity index is 1.73. The Kier molecular flexibility index (Phi) is 6.62. The van der Waals surface area contributed by atoms with Crippen LogP contribution in [0.4, 0.5) is 0 Å². The zero-order valence-electron chi connectivity index (χ0n) is 21.1. The molecule has 4 aliphatic carbocycles. The largest absolute Gasteiger partial charge is 0.508 e. The highest BCUT2D eigenvalue weighted by Crippen LogP contribution is 2.57. The topological polar surface area (TPSA) is 182 Å². The van der Waals surface area contributed by atoms with Gasteiger partial charge in [0.25, 0.3) is 5.91 Å². The standard InChI is InChI=1S/C27H32N2O8S/c1-29(2)20-19-22(32)16-13(10-38-11-6-3-4-7-11)12-8-5-9-14(30)15(12)21(31)17(16)24(34)27(19,37)25(35)18(23(20)33)26(28)36/h5,8-9,11,13,16,19-20,22,30-32,35,37H,3-4,6-7,10H2,1-2H3,(H2,28,36)/t13?,16-,19+,20+,22+,27-/m1/s1. The van der Waals surface area contributed by atoms with E-state index < -0.39 is 70.1 Å². The van der Waals surface area contributed by atoms with Gasteiger partial charge in [0.05, 0.1) is 23.6 Å². The van der Waals surface area contributed by atoms with E-state index >= 15 is 0 Å². The first-order chi connectivity index (χ1) is 17.9. The van der Waals surface area contributed by atoms with Gasteiger partial charge in [-0.1, -0.05) is 25.0 Å². The number of likely N-dealkylation sites (N-methyl/N-ethyl adjacent to an activating group) is 1. The highest BCUT2D eigenvalue weighted by molar-refractivity contribution is 7.99. The molecular formula is C27H32N2O8S. The minimum atomic E-state index is -2.91. The SMILES string of the molecule is CN(C)[C@@H]1C(=O)C(C(N)=O)=C(O)[C@]2(O)C(=O)C3=C(O)c4c(O)cccc4C(CSC4CCCC4)[C@H]3[C@H](O)[C@H]12. The second-order valence-corrected chi connectivity index (χ2v) is 12.2. The van der Waals surface area contributed by atoms with Crippen molar-refractivity contribution in [3.05, 3.63) is 46.2 Å². The van der Waals surface area contributed by atoms with Crippen LogP contribution in [0.15, 0.2) is 35.1 Å². The number of Topliss-reactive ketones (excluding diaryl/α,β-unsaturated/α-hetero) is 2. The van der Waals surface area contributed by atoms with Crippen LogP contribution in [-0.2, 0) is 14.4 Å². The summed E-state index contributed by atoms with van der Waals surface area (Å²) < 4.78 is 0. The Morgan fingerprint density at radius 1 is 1.16 bits per heavy atom. The first kappa shape index (κ1) is 26.7. The van der Waals surface area contributed by atoms with Gasteiger partial charge in [-0.2, -0.15) is 11.8 Å². The molecule has 0 saturated heterocycles. The van der Waals surface area contributed by atoms with Gasteiger partial charge in [0.2, 0.25) is 5.78 Å². The molecule has 4 aliphatic rings. The van der Waals surface area contributed by atoms with Crippen molar-refractivity contribution in [3.8, 4) is 5.75 Å². The number of nitrogens with zero attached hydrogens (tertiary/aromatic N) is 1. The Morgan fingerprint density at radius 2 is 1.82 bits per heavy atom. The molecule has 38 heavy (non-hydrogen) atoms. The molecule has 5 rings (SSSR count). The van der Waals surface area contributed by atoms with Crippen LogP contribution in [-0.4, -0.2) is 90.8 Å². The molecule has 204 valence electrons. The van der Waals surface area contributed by atoms with E-state index in [-0.39, 0.29) is 16.9 Å². The van der Waals surface area contributed by atoms with Gasteiger partial charge in [-0.15, -0.1) is 0 Å². The van der Waals surface area contributed by atoms with Gasteiger partial charge in [0, 0.05) is 28.4 Å². The maximum atomic E-state index is 14.1. The second-order valence-electron chi connectivity index (χ2n) is 10.8. The van der Waals surface area contributed by atoms with Crippen LogP contribution in [0.25, 0.3) is 5.76 Å². The van der Waals surface area contributed by atoms with Crippen LogP contribution < -0.4 is 5.73 Å². The van der Waals surface area contributed by atoms with Crippen molar-refractivity contribution in [2.24, 2.45) is 17.6 Å². The van der Waals surface area contributed by atoms with Crippen molar-refractivity contribution in [2.45, 2.75) is 54.6 Å². The van der Waals surface area contributed by atoms with Crippen LogP contribution in [0.1, 0.15) is 42.7 Å². The van der Waals surface area contributed by atoms with Crippen LogP contribution in [0.3, 0.4) is 0 Å². The average Bonchev–Trinajstić information content (AvgIpc) is 3.37. The van der Waals surface area contributed by atoms with E-state index in [9.17, 15) is 39.9 Å². The number of phenolic OH excluding ortho intramolecular Hbond substituents is 1. The lowest BCUT2D eigenvalue weighted by Gasteiger charge is -2.54. The van der Waals surface area contributed by atoms with Crippen LogP contribution in [0, 0.1) is 11.8 Å². The lowest BCUT2D eigenvalue weighted by Crippen LogP contribution is -2.70. The first-order valence-electron chi connectivity index (χ1n) is 12.7. The maximum Gasteiger partial charge on any atom is 0.255 e. The third-order valence-corrected chi connectivity index (χ3v) is 10.1. The van der Waals surface area contributed by atoms with Crippen LogP contribution >= 0.6 is 11.8 Å². The number of aromatic hydroxyl groups is 1. The minimum absolute atomic E-state index is 0.0213. The third-order valence-electron chi connectivity index (χ3n) is 8.61. The van der Waals surface area contributed by atoms with E-state index in [2.05, 4.69) is 0 Å². The van der Waals surface area contributed by atoms with E-state index in [1.54, 1.807) is 23.9 Å². The number of amides is 1. The fourth-order valence-corrected chi connectivity index (χ4v) is 8.42. The molecule has 2 saturated carbocycles. The number of fused-ring (bicyclic) bond motifs is 3. The summed E-state index contributed by atoms with van der Waals surface area (Å²) in [5.74, 6) is -8.22. The summed E-state index contributed by atoms with van der Waals surface area (Å²) in [6, 6.07) is 3.34. The van der Waals surface area contributed by atoms with Crippen molar-refractivity contribution in [1.82, 2.24) is 4.90 Å². The fraction of sp³-hybridized carbons (Fsp3) is 0.519. The minimum Gasteiger partial charge on any atom is -0.508 e. The summed E-state index contributed by atoms with van der Waals surface area (Å²) in [6.07, 6.45) is 2.72. The van der Waals surface area contributed by atoms with Gasteiger partial charge in [0.1, 0.15) is 22.8 Å². The second kappa shape index (κ2) is 9.41. The smallest absolute Gasteiger partial charge is 0.255 e. The molecular weight excluding hydrogens is 512 g/mol. The number of benzene rings is 1. The summed E-state index contributed by atoms with van der Waals surface area (Å²) >= 11 is 1.69. The molecule has 1 amide bonds. The number of ketones is 2. The molecule has 7 N–H and O–H groups in total. The summed E-state index contributed by atoms with van der Waals surface area (Å²) in [5.41, 5.74) is 1.74. The molecule has 0 radical (unpaired) electrons. The van der Waals surface area contributed by atoms with E-state index in [0.29, 0.717) is 16.6 Å². The van der Waals surface area contributed by atoms with Crippen LogP contribution in [0.5, 0.6) is 5.75 Å². The molecule has 11 heteroatoms. The predicted octanol–water partition coefficient (Wildman–Crippen LogP) is 1.15. The van der Waals surface area contributed by atoms with Crippen molar-refractivity contribution in [1.29, 1.82) is 0 Å². The lowest BCUT2D eigenvalue weighted by atomic mass is 9.54. The third kappa shape index (κ3) is 3.63. The number of thioether (sulfide) groups is 1. The summed E-state index contributed by atoms with van der Waals surface area (Å²) in [7, 11) is 2.98. The molecule has 0 aromatic heterocycles. The molecule has 0 aliphatic heterocycles. The Morgan fingerprint density at radius 3 is 2.42 bits per heavy atom. The molecule has 6 atom stereocenters. The number of carbonyl (C=O) groups is 3. The summed E-state index contributed by atoms with van der Waals surface area (Å²) in [6.45, 7) is 0. The Labute approximate surface area is 223 Å². The van der Waals surface area contributed by atoms with E-state index in [1.807, 2.05) is 0 Å². The number of phenols is 1. The number of aliphatic hydroxyl groups is 4. The number of rotatable bonds is 5. The van der Waals surface area contributed by atoms with Gasteiger partial charge in [0.15, 0.2) is 11.4 Å². The van der Waals surface area contributed by atoms with Gasteiger partial charge >= 0.3 is 0 Å². The number of primary amides is 1. The molecule has 2 fully saturated rings. The zero-order valence-corrected chi connectivity index (χ0v) is 21.9. The lowest BCUT2D eigenvalue weighted by molar-refractivity contribution is -0.169. The van der Waals surface area contributed by atoms with E-state index in [1.165, 1.54) is 25.1 Å². The van der Waals surface area contributed by atoms with Gasteiger partial charge in [-0.3, -0.25) is 19.3 Å². The quantitative estimate of drug-likeness (QED) is 0.294. The molecule has 0 heterocycles. The summed E-state index contributed by atoms with van der Waals surface area (Å²) in [4.78, 5) is 40.9. The molecule has 10 nitrogen and oxygen atoms in total. The molecule has 1 aromatic carbocycles. The number of nitrogens with two attached hydrogens (primary N) is 1. The van der Waals surface area contributed by atoms with E-state index in [0.717, 1.165) is 25.7 Å². The summed E-state index contributed by atoms with van der Waals surface area (Å²) in [5, 5.41) is 57.1. The van der Waals surface area contributed by atoms with Gasteiger partial charge in [-0.05, 0) is 38.6 Å². The Hall–Kier alpha value is -2.86. The number of carbonyl (C=O) groups excluding carboxylic acids is 3. The van der Waals surface area contributed by atoms with Gasteiger partial charge < -0.3 is 31.3 Å². The predicted molar refractivity (Wildman–Crippen MR) is 139 cm³/mol. The first-order valence-corrected chi connectivity index (χ1v) is 13.7. The molecule has 0 spiro atoms. The van der Waals surface area contributed by atoms with Crippen LogP contribution in [0.2, 0.25) is 0 Å². The maximum absolute atomic E-state index is 14.1. The van der Waals surface area contributed by atoms with E-state index in [4.69, 9.17) is 5.73 Å². The zero-order chi connectivity index (χ0) is 27.7. The number of aliphatic hydroxyl groups excluding tert-OH is 3. The van der Waals surface area contributed by atoms with Crippen molar-refractivity contribution in [3.63, 3.8) is 0 Å². The molecule has 0 bridgehead atoms. The normalized spacial score (nSPS) is 33.4. The highest BCUT2D eigenvalue weighted by Gasteiger charge is 2.68. The van der Waals surface area contributed by atoms with Crippen molar-refractivity contribution >= 4 is 35.0 Å². The highest BCUT2D eigenvalue weighted by atomic mass is 32.2. The van der Waals surface area contributed by atoms with Gasteiger partial charge in [-0.25, -0.2) is 0 Å². The number of hydrogen-bond acceptors (Lipinski definition) is 10. The Bertz CT molecular complexity index is 1280. The molecule has 1 aromatic rings. The molecule has 1 unspecified atom stereocenters. The number of hydrogen-bond donors (Lipinski definition) is 6. The fourth-order valence-electron chi connectivity index (χ4n) is 6.89. The monoisotopic (exact) mass is 544 g/mol. The average molecular weight is 545 g/mol. The van der Waals surface area contributed by atoms with Crippen molar-refractivity contribution in [2.75, 3.05) is 19.8 Å². The van der Waals surface area contributed by atoms with Crippen molar-refractivity contribution < 1.29 is 39.9 Å².